The lowest BCUT2D eigenvalue weighted by Gasteiger charge is -2.31. The van der Waals surface area contributed by atoms with E-state index in [2.05, 4.69) is 16.1 Å². The Morgan fingerprint density at radius 1 is 0.851 bits per heavy atom. The van der Waals surface area contributed by atoms with Crippen LogP contribution in [-0.2, 0) is 26.2 Å². The van der Waals surface area contributed by atoms with Gasteiger partial charge in [0.15, 0.2) is 6.61 Å². The molecule has 47 heavy (non-hydrogen) atoms. The zero-order chi connectivity index (χ0) is 33.1. The Morgan fingerprint density at radius 3 is 2.19 bits per heavy atom. The Balaban J connectivity index is 1.31. The van der Waals surface area contributed by atoms with Crippen molar-refractivity contribution in [2.75, 3.05) is 17.9 Å². The monoisotopic (exact) mass is 655 g/mol. The van der Waals surface area contributed by atoms with Crippen LogP contribution in [0.1, 0.15) is 49.3 Å². The van der Waals surface area contributed by atoms with Crippen molar-refractivity contribution in [2.45, 2.75) is 49.6 Å². The summed E-state index contributed by atoms with van der Waals surface area (Å²) < 4.78 is 47.1. The lowest BCUT2D eigenvalue weighted by Crippen LogP contribution is -2.45. The van der Waals surface area contributed by atoms with E-state index in [0.717, 1.165) is 43.4 Å². The highest BCUT2D eigenvalue weighted by atomic mass is 32.2. The lowest BCUT2D eigenvalue weighted by molar-refractivity contribution is -0.143. The quantitative estimate of drug-likeness (QED) is 0.146. The van der Waals surface area contributed by atoms with Crippen molar-refractivity contribution in [2.24, 2.45) is 0 Å². The molecule has 0 unspecified atom stereocenters. The zero-order valence-corrected chi connectivity index (χ0v) is 26.8. The molecule has 0 aliphatic heterocycles. The van der Waals surface area contributed by atoms with Crippen LogP contribution in [0.2, 0.25) is 0 Å². The van der Waals surface area contributed by atoms with Crippen LogP contribution in [0.3, 0.4) is 0 Å². The van der Waals surface area contributed by atoms with Crippen molar-refractivity contribution in [1.29, 1.82) is 0 Å². The predicted octanol–water partition coefficient (Wildman–Crippen LogP) is 6.78. The van der Waals surface area contributed by atoms with Crippen LogP contribution < -0.4 is 14.8 Å². The highest BCUT2D eigenvalue weighted by Gasteiger charge is 2.32. The summed E-state index contributed by atoms with van der Waals surface area (Å²) in [4.78, 5) is 29.2. The molecule has 0 aromatic heterocycles. The summed E-state index contributed by atoms with van der Waals surface area (Å²) in [5.41, 5.74) is 3.10. The number of carbonyl (C=O) groups is 2. The third-order valence-corrected chi connectivity index (χ3v) is 9.31. The van der Waals surface area contributed by atoms with Crippen molar-refractivity contribution in [3.63, 3.8) is 0 Å². The molecule has 4 aromatic carbocycles. The minimum atomic E-state index is -3.94. The van der Waals surface area contributed by atoms with Crippen molar-refractivity contribution in [1.82, 2.24) is 10.2 Å². The molecule has 1 atom stereocenters. The van der Waals surface area contributed by atoms with E-state index < -0.39 is 27.8 Å². The normalized spacial score (nSPS) is 13.6. The van der Waals surface area contributed by atoms with E-state index in [-0.39, 0.29) is 35.4 Å². The maximum atomic E-state index is 13.9. The van der Waals surface area contributed by atoms with Gasteiger partial charge in [-0.25, -0.2) is 12.8 Å². The van der Waals surface area contributed by atoms with Crippen LogP contribution in [-0.4, -0.2) is 38.3 Å². The summed E-state index contributed by atoms with van der Waals surface area (Å²) in [5, 5.41) is 3.07. The summed E-state index contributed by atoms with van der Waals surface area (Å²) in [6, 6.07) is 28.3. The van der Waals surface area contributed by atoms with Gasteiger partial charge in [0, 0.05) is 18.8 Å². The van der Waals surface area contributed by atoms with Crippen LogP contribution in [0.15, 0.2) is 126 Å². The number of sulfonamides is 1. The Morgan fingerprint density at radius 2 is 1.53 bits per heavy atom. The molecule has 2 N–H and O–H groups in total. The Bertz CT molecular complexity index is 1760. The first-order chi connectivity index (χ1) is 22.8. The molecule has 0 spiro atoms. The molecule has 1 aliphatic rings. The summed E-state index contributed by atoms with van der Waals surface area (Å²) in [5.74, 6) is -0.891. The van der Waals surface area contributed by atoms with Gasteiger partial charge in [-0.05, 0) is 91.8 Å². The number of amides is 2. The van der Waals surface area contributed by atoms with Crippen LogP contribution in [0.5, 0.6) is 5.75 Å². The molecule has 0 fully saturated rings. The molecule has 0 saturated heterocycles. The maximum absolute atomic E-state index is 13.9. The first-order valence-electron chi connectivity index (χ1n) is 15.6. The molecule has 2 amide bonds. The van der Waals surface area contributed by atoms with Crippen LogP contribution in [0, 0.1) is 5.82 Å². The molecule has 1 aliphatic carbocycles. The van der Waals surface area contributed by atoms with Crippen molar-refractivity contribution in [3.05, 3.63) is 138 Å². The minimum Gasteiger partial charge on any atom is -0.484 e. The number of benzene rings is 4. The number of nitrogens with one attached hydrogen (secondary N) is 2. The summed E-state index contributed by atoms with van der Waals surface area (Å²) in [6.07, 6.45) is 7.51. The average molecular weight is 656 g/mol. The molecule has 0 radical (unpaired) electrons. The molecule has 10 heteroatoms. The predicted molar refractivity (Wildman–Crippen MR) is 179 cm³/mol. The number of halogens is 1. The third-order valence-electron chi connectivity index (χ3n) is 7.91. The smallest absolute Gasteiger partial charge is 0.261 e. The summed E-state index contributed by atoms with van der Waals surface area (Å²) in [6.45, 7) is 0.271. The number of carbonyl (C=O) groups excluding carboxylic acids is 2. The van der Waals surface area contributed by atoms with Gasteiger partial charge in [-0.3, -0.25) is 14.3 Å². The fourth-order valence-electron chi connectivity index (χ4n) is 5.46. The number of hydrogen-bond acceptors (Lipinski definition) is 5. The van der Waals surface area contributed by atoms with Crippen LogP contribution >= 0.6 is 0 Å². The van der Waals surface area contributed by atoms with Gasteiger partial charge < -0.3 is 15.0 Å². The number of allylic oxidation sites excluding steroid dienone is 1. The van der Waals surface area contributed by atoms with Gasteiger partial charge in [0.05, 0.1) is 4.90 Å². The zero-order valence-electron chi connectivity index (χ0n) is 26.0. The Kier molecular flexibility index (Phi) is 11.4. The fraction of sp³-hybridized carbons (Fsp3) is 0.243. The van der Waals surface area contributed by atoms with Crippen molar-refractivity contribution in [3.8, 4) is 5.75 Å². The van der Waals surface area contributed by atoms with Crippen LogP contribution in [0.4, 0.5) is 10.1 Å². The first-order valence-corrected chi connectivity index (χ1v) is 17.1. The Labute approximate surface area is 275 Å². The number of anilines is 1. The molecule has 0 saturated carbocycles. The number of hydrogen-bond donors (Lipinski definition) is 2. The molecule has 0 heterocycles. The molecule has 0 bridgehead atoms. The standard InChI is InChI=1S/C37H38FN3O5S/c38-31-16-18-32(19-17-31)40-47(44,45)34-22-20-33(21-23-34)46-27-35(42)41(26-29-12-6-2-7-13-29)36(30-14-8-3-9-15-30)37(43)39-25-24-28-10-4-1-5-11-28/h2-3,6-10,12-23,36,40H,1,4-5,11,24-27H2,(H,39,43)/t36-/m1/s1. The van der Waals surface area contributed by atoms with E-state index in [1.807, 2.05) is 60.7 Å². The fourth-order valence-corrected chi connectivity index (χ4v) is 6.52. The second-order valence-corrected chi connectivity index (χ2v) is 13.0. The van der Waals surface area contributed by atoms with Crippen molar-refractivity contribution < 1.29 is 27.1 Å². The van der Waals surface area contributed by atoms with Crippen molar-refractivity contribution >= 4 is 27.5 Å². The molecular formula is C37H38FN3O5S. The molecule has 5 rings (SSSR count). The molecule has 4 aromatic rings. The van der Waals surface area contributed by atoms with Gasteiger partial charge >= 0.3 is 0 Å². The number of nitrogens with zero attached hydrogens (tertiary/aromatic N) is 1. The van der Waals surface area contributed by atoms with Crippen LogP contribution in [0.25, 0.3) is 0 Å². The van der Waals surface area contributed by atoms with E-state index in [1.54, 1.807) is 0 Å². The van der Waals surface area contributed by atoms with Gasteiger partial charge in [0.25, 0.3) is 15.9 Å². The van der Waals surface area contributed by atoms with E-state index in [9.17, 15) is 22.4 Å². The van der Waals surface area contributed by atoms with Gasteiger partial charge in [-0.15, -0.1) is 0 Å². The van der Waals surface area contributed by atoms with Gasteiger partial charge in [-0.2, -0.15) is 0 Å². The second kappa shape index (κ2) is 16.0. The maximum Gasteiger partial charge on any atom is 0.261 e. The van der Waals surface area contributed by atoms with Gasteiger partial charge in [0.2, 0.25) is 5.91 Å². The van der Waals surface area contributed by atoms with E-state index in [0.29, 0.717) is 12.1 Å². The molecule has 244 valence electrons. The highest BCUT2D eigenvalue weighted by Crippen LogP contribution is 2.26. The van der Waals surface area contributed by atoms with E-state index in [4.69, 9.17) is 4.74 Å². The number of rotatable bonds is 14. The Hall–Kier alpha value is -4.96. The van der Waals surface area contributed by atoms with E-state index in [1.165, 1.54) is 53.3 Å². The molecule has 8 nitrogen and oxygen atoms in total. The largest absolute Gasteiger partial charge is 0.484 e. The summed E-state index contributed by atoms with van der Waals surface area (Å²) >= 11 is 0. The highest BCUT2D eigenvalue weighted by molar-refractivity contribution is 7.92. The average Bonchev–Trinajstić information content (AvgIpc) is 3.09. The molecular weight excluding hydrogens is 617 g/mol. The summed E-state index contributed by atoms with van der Waals surface area (Å²) in [7, 11) is -3.94. The van der Waals surface area contributed by atoms with Gasteiger partial charge in [-0.1, -0.05) is 72.3 Å². The first kappa shape index (κ1) is 33.4. The second-order valence-electron chi connectivity index (χ2n) is 11.3. The minimum absolute atomic E-state index is 0.0315. The topological polar surface area (TPSA) is 105 Å². The SMILES string of the molecule is O=C(NCCC1=CCCCC1)[C@@H](c1ccccc1)N(Cc1ccccc1)C(=O)COc1ccc(S(=O)(=O)Nc2ccc(F)cc2)cc1. The third kappa shape index (κ3) is 9.52. The van der Waals surface area contributed by atoms with Gasteiger partial charge in [0.1, 0.15) is 17.6 Å². The van der Waals surface area contributed by atoms with E-state index >= 15 is 0 Å². The number of ether oxygens (including phenoxy) is 1. The lowest BCUT2D eigenvalue weighted by atomic mass is 9.97.